The second kappa shape index (κ2) is 5.18. The maximum atomic E-state index is 7.55. The molecule has 0 amide bonds. The minimum Gasteiger partial charge on any atom is -0.384 e. The van der Waals surface area contributed by atoms with Gasteiger partial charge in [-0.05, 0) is 12.1 Å². The molecular weight excluding hydrogens is 270 g/mol. The first-order valence-corrected chi connectivity index (χ1v) is 6.78. The average Bonchev–Trinajstić information content (AvgIpc) is 3.01. The molecule has 5 nitrogen and oxygen atoms in total. The van der Waals surface area contributed by atoms with Gasteiger partial charge in [-0.3, -0.25) is 15.4 Å². The van der Waals surface area contributed by atoms with E-state index in [-0.39, 0.29) is 5.84 Å². The van der Waals surface area contributed by atoms with Crippen LogP contribution >= 0.6 is 11.3 Å². The summed E-state index contributed by atoms with van der Waals surface area (Å²) in [4.78, 5) is 12.8. The van der Waals surface area contributed by atoms with Gasteiger partial charge in [0.2, 0.25) is 0 Å². The van der Waals surface area contributed by atoms with Gasteiger partial charge in [0, 0.05) is 46.9 Å². The number of amidine groups is 1. The number of rotatable bonds is 3. The van der Waals surface area contributed by atoms with Crippen LogP contribution in [0.3, 0.4) is 0 Å². The molecule has 0 radical (unpaired) electrons. The molecule has 0 aliphatic rings. The average molecular weight is 281 g/mol. The maximum Gasteiger partial charge on any atom is 0.142 e. The van der Waals surface area contributed by atoms with Crippen LogP contribution < -0.4 is 5.73 Å². The van der Waals surface area contributed by atoms with E-state index in [9.17, 15) is 0 Å². The molecule has 0 unspecified atom stereocenters. The summed E-state index contributed by atoms with van der Waals surface area (Å²) < 4.78 is 0. The largest absolute Gasteiger partial charge is 0.384 e. The summed E-state index contributed by atoms with van der Waals surface area (Å²) in [7, 11) is 0. The van der Waals surface area contributed by atoms with Gasteiger partial charge in [-0.1, -0.05) is 6.07 Å². The van der Waals surface area contributed by atoms with Gasteiger partial charge < -0.3 is 5.73 Å². The predicted molar refractivity (Wildman–Crippen MR) is 79.6 cm³/mol. The SMILES string of the molecule is N=C(N)c1cnc(-c2nccs2)c(-c2cccnc2)c1. The molecule has 3 heterocycles. The maximum absolute atomic E-state index is 7.55. The number of hydrogen-bond acceptors (Lipinski definition) is 5. The number of nitrogen functional groups attached to an aromatic ring is 1. The Hall–Kier alpha value is -2.60. The van der Waals surface area contributed by atoms with E-state index in [2.05, 4.69) is 15.0 Å². The summed E-state index contributed by atoms with van der Waals surface area (Å²) in [6, 6.07) is 5.66. The molecule has 3 rings (SSSR count). The first kappa shape index (κ1) is 12.4. The number of nitrogens with zero attached hydrogens (tertiary/aromatic N) is 3. The number of thiazole rings is 1. The van der Waals surface area contributed by atoms with Crippen LogP contribution in [0, 0.1) is 5.41 Å². The van der Waals surface area contributed by atoms with Crippen LogP contribution in [0.15, 0.2) is 48.4 Å². The predicted octanol–water partition coefficient (Wildman–Crippen LogP) is 2.55. The zero-order valence-corrected chi connectivity index (χ0v) is 11.3. The van der Waals surface area contributed by atoms with Gasteiger partial charge in [0.15, 0.2) is 0 Å². The van der Waals surface area contributed by atoms with Crippen LogP contribution in [0.1, 0.15) is 5.56 Å². The van der Waals surface area contributed by atoms with Crippen LogP contribution in [-0.2, 0) is 0 Å². The van der Waals surface area contributed by atoms with Crippen molar-refractivity contribution in [3.8, 4) is 21.8 Å². The summed E-state index contributed by atoms with van der Waals surface area (Å²) in [5.74, 6) is -0.00618. The van der Waals surface area contributed by atoms with Crippen LogP contribution in [0.5, 0.6) is 0 Å². The molecule has 0 atom stereocenters. The molecule has 20 heavy (non-hydrogen) atoms. The molecule has 3 aromatic heterocycles. The fourth-order valence-corrected chi connectivity index (χ4v) is 2.51. The Morgan fingerprint density at radius 1 is 1.20 bits per heavy atom. The first-order valence-electron chi connectivity index (χ1n) is 5.90. The van der Waals surface area contributed by atoms with Crippen molar-refractivity contribution in [2.75, 3.05) is 0 Å². The van der Waals surface area contributed by atoms with E-state index in [0.29, 0.717) is 5.56 Å². The fraction of sp³-hybridized carbons (Fsp3) is 0. The lowest BCUT2D eigenvalue weighted by Crippen LogP contribution is -2.11. The van der Waals surface area contributed by atoms with Gasteiger partial charge >= 0.3 is 0 Å². The number of aromatic nitrogens is 3. The van der Waals surface area contributed by atoms with E-state index in [4.69, 9.17) is 11.1 Å². The summed E-state index contributed by atoms with van der Waals surface area (Å²) in [5.41, 5.74) is 8.71. The summed E-state index contributed by atoms with van der Waals surface area (Å²) >= 11 is 1.52. The number of hydrogen-bond donors (Lipinski definition) is 2. The summed E-state index contributed by atoms with van der Waals surface area (Å²) in [6.45, 7) is 0. The van der Waals surface area contributed by atoms with E-state index >= 15 is 0 Å². The van der Waals surface area contributed by atoms with Crippen molar-refractivity contribution in [3.63, 3.8) is 0 Å². The fourth-order valence-electron chi connectivity index (χ4n) is 1.87. The molecule has 0 spiro atoms. The molecule has 0 saturated carbocycles. The molecule has 0 aromatic carbocycles. The monoisotopic (exact) mass is 281 g/mol. The Labute approximate surface area is 119 Å². The third-order valence-electron chi connectivity index (χ3n) is 2.81. The van der Waals surface area contributed by atoms with E-state index in [1.807, 2.05) is 23.6 Å². The Morgan fingerprint density at radius 3 is 2.75 bits per heavy atom. The molecular formula is C14H11N5S. The van der Waals surface area contributed by atoms with Crippen molar-refractivity contribution in [3.05, 3.63) is 53.9 Å². The van der Waals surface area contributed by atoms with Crippen LogP contribution in [0.25, 0.3) is 21.8 Å². The van der Waals surface area contributed by atoms with Crippen molar-refractivity contribution in [2.24, 2.45) is 5.73 Å². The zero-order valence-electron chi connectivity index (χ0n) is 10.4. The van der Waals surface area contributed by atoms with Gasteiger partial charge in [0.1, 0.15) is 16.5 Å². The second-order valence-electron chi connectivity index (χ2n) is 4.11. The highest BCUT2D eigenvalue weighted by Crippen LogP contribution is 2.31. The number of pyridine rings is 2. The third kappa shape index (κ3) is 2.28. The molecule has 98 valence electrons. The van der Waals surface area contributed by atoms with E-state index in [1.54, 1.807) is 24.8 Å². The molecule has 3 aromatic rings. The van der Waals surface area contributed by atoms with E-state index in [0.717, 1.165) is 21.8 Å². The summed E-state index contributed by atoms with van der Waals surface area (Å²) in [6.07, 6.45) is 6.82. The van der Waals surface area contributed by atoms with E-state index in [1.165, 1.54) is 11.3 Å². The molecule has 0 fully saturated rings. The number of nitrogens with one attached hydrogen (secondary N) is 1. The Kier molecular flexibility index (Phi) is 3.22. The van der Waals surface area contributed by atoms with Crippen LogP contribution in [0.4, 0.5) is 0 Å². The lowest BCUT2D eigenvalue weighted by atomic mass is 10.0. The van der Waals surface area contributed by atoms with Crippen LogP contribution in [-0.4, -0.2) is 20.8 Å². The highest BCUT2D eigenvalue weighted by Gasteiger charge is 2.13. The highest BCUT2D eigenvalue weighted by molar-refractivity contribution is 7.13. The molecule has 0 aliphatic carbocycles. The smallest absolute Gasteiger partial charge is 0.142 e. The lowest BCUT2D eigenvalue weighted by Gasteiger charge is -2.08. The molecule has 0 saturated heterocycles. The quantitative estimate of drug-likeness (QED) is 0.570. The molecule has 0 bridgehead atoms. The zero-order chi connectivity index (χ0) is 13.9. The van der Waals surface area contributed by atoms with Crippen molar-refractivity contribution in [1.29, 1.82) is 5.41 Å². The van der Waals surface area contributed by atoms with Gasteiger partial charge in [-0.25, -0.2) is 4.98 Å². The topological polar surface area (TPSA) is 88.5 Å². The highest BCUT2D eigenvalue weighted by atomic mass is 32.1. The normalized spacial score (nSPS) is 10.4. The van der Waals surface area contributed by atoms with Gasteiger partial charge in [0.25, 0.3) is 0 Å². The van der Waals surface area contributed by atoms with Crippen molar-refractivity contribution in [1.82, 2.24) is 15.0 Å². The van der Waals surface area contributed by atoms with Crippen molar-refractivity contribution < 1.29 is 0 Å². The minimum atomic E-state index is -0.00618. The van der Waals surface area contributed by atoms with Crippen molar-refractivity contribution in [2.45, 2.75) is 0 Å². The first-order chi connectivity index (χ1) is 9.75. The van der Waals surface area contributed by atoms with Gasteiger partial charge in [-0.15, -0.1) is 11.3 Å². The Bertz CT molecular complexity index is 738. The molecule has 6 heteroatoms. The van der Waals surface area contributed by atoms with Gasteiger partial charge in [0.05, 0.1) is 0 Å². The third-order valence-corrected chi connectivity index (χ3v) is 3.59. The molecule has 3 N–H and O–H groups in total. The van der Waals surface area contributed by atoms with Crippen molar-refractivity contribution >= 4 is 17.2 Å². The van der Waals surface area contributed by atoms with Gasteiger partial charge in [-0.2, -0.15) is 0 Å². The molecule has 0 aliphatic heterocycles. The van der Waals surface area contributed by atoms with Crippen LogP contribution in [0.2, 0.25) is 0 Å². The Balaban J connectivity index is 2.23. The summed E-state index contributed by atoms with van der Waals surface area (Å²) in [5, 5.41) is 10.3. The lowest BCUT2D eigenvalue weighted by molar-refractivity contribution is 1.26. The number of nitrogens with two attached hydrogens (primary N) is 1. The second-order valence-corrected chi connectivity index (χ2v) is 5.01. The van der Waals surface area contributed by atoms with E-state index < -0.39 is 0 Å². The minimum absolute atomic E-state index is 0.00618. The Morgan fingerprint density at radius 2 is 2.10 bits per heavy atom. The standard InChI is InChI=1S/C14H11N5S/c15-13(16)10-6-11(9-2-1-3-17-7-9)12(19-8-10)14-18-4-5-20-14/h1-8H,(H3,15,16).